The molecule has 1 aromatic rings. The third kappa shape index (κ3) is 8.00. The standard InChI is InChI=1S/C17H25NO5S2/c1-5-21-16(19)14-10-13(11-15(18-14)17(20)22-6-2)23-9-7-8-12(3)25-24-4/h10-12H,5-9H2,1-4H3. The van der Waals surface area contributed by atoms with Gasteiger partial charge in [0.1, 0.15) is 5.75 Å². The number of nitrogens with zero attached hydrogens (tertiary/aromatic N) is 1. The second-order valence-electron chi connectivity index (χ2n) is 5.08. The molecule has 0 N–H and O–H groups in total. The van der Waals surface area contributed by atoms with Gasteiger partial charge >= 0.3 is 11.9 Å². The molecule has 0 aromatic carbocycles. The molecular formula is C17H25NO5S2. The number of aromatic nitrogens is 1. The van der Waals surface area contributed by atoms with E-state index in [1.54, 1.807) is 24.6 Å². The van der Waals surface area contributed by atoms with Gasteiger partial charge in [0.05, 0.1) is 19.8 Å². The van der Waals surface area contributed by atoms with Gasteiger partial charge in [-0.1, -0.05) is 28.5 Å². The van der Waals surface area contributed by atoms with E-state index in [2.05, 4.69) is 18.2 Å². The quantitative estimate of drug-likeness (QED) is 0.320. The Labute approximate surface area is 156 Å². The van der Waals surface area contributed by atoms with Crippen LogP contribution in [0.1, 0.15) is 54.6 Å². The van der Waals surface area contributed by atoms with Crippen LogP contribution in [0, 0.1) is 0 Å². The van der Waals surface area contributed by atoms with Gasteiger partial charge < -0.3 is 14.2 Å². The summed E-state index contributed by atoms with van der Waals surface area (Å²) in [7, 11) is 3.58. The number of carbonyl (C=O) groups excluding carboxylic acids is 2. The lowest BCUT2D eigenvalue weighted by Gasteiger charge is -2.11. The van der Waals surface area contributed by atoms with Gasteiger partial charge in [-0.3, -0.25) is 0 Å². The number of pyridine rings is 1. The summed E-state index contributed by atoms with van der Waals surface area (Å²) in [6, 6.07) is 2.97. The van der Waals surface area contributed by atoms with E-state index < -0.39 is 11.9 Å². The summed E-state index contributed by atoms with van der Waals surface area (Å²) in [5.41, 5.74) is 0.0717. The Morgan fingerprint density at radius 3 is 2.16 bits per heavy atom. The molecule has 0 saturated carbocycles. The molecule has 8 heteroatoms. The van der Waals surface area contributed by atoms with Crippen molar-refractivity contribution in [3.05, 3.63) is 23.5 Å². The number of ether oxygens (including phenoxy) is 3. The summed E-state index contributed by atoms with van der Waals surface area (Å²) in [4.78, 5) is 27.9. The highest BCUT2D eigenvalue weighted by Crippen LogP contribution is 2.26. The normalized spacial score (nSPS) is 11.7. The number of hydrogen-bond acceptors (Lipinski definition) is 8. The fourth-order valence-corrected chi connectivity index (χ4v) is 3.85. The first kappa shape index (κ1) is 21.6. The van der Waals surface area contributed by atoms with Crippen LogP contribution in [0.3, 0.4) is 0 Å². The molecule has 1 atom stereocenters. The molecule has 0 aliphatic heterocycles. The first-order valence-electron chi connectivity index (χ1n) is 8.20. The molecule has 1 aromatic heterocycles. The minimum Gasteiger partial charge on any atom is -0.493 e. The van der Waals surface area contributed by atoms with Gasteiger partial charge in [0.15, 0.2) is 11.4 Å². The monoisotopic (exact) mass is 387 g/mol. The fourth-order valence-electron chi connectivity index (χ4n) is 1.98. The highest BCUT2D eigenvalue weighted by atomic mass is 33.1. The second kappa shape index (κ2) is 12.0. The smallest absolute Gasteiger partial charge is 0.357 e. The number of carbonyl (C=O) groups is 2. The molecule has 140 valence electrons. The van der Waals surface area contributed by atoms with Crippen molar-refractivity contribution in [3.63, 3.8) is 0 Å². The van der Waals surface area contributed by atoms with Gasteiger partial charge in [0.25, 0.3) is 0 Å². The third-order valence-electron chi connectivity index (χ3n) is 3.05. The predicted octanol–water partition coefficient (Wildman–Crippen LogP) is 3.99. The van der Waals surface area contributed by atoms with Gasteiger partial charge in [-0.2, -0.15) is 0 Å². The van der Waals surface area contributed by atoms with E-state index in [4.69, 9.17) is 14.2 Å². The third-order valence-corrected chi connectivity index (χ3v) is 5.37. The summed E-state index contributed by atoms with van der Waals surface area (Å²) in [5, 5.41) is 0.543. The zero-order valence-corrected chi connectivity index (χ0v) is 16.7. The summed E-state index contributed by atoms with van der Waals surface area (Å²) >= 11 is 0. The van der Waals surface area contributed by atoms with Gasteiger partial charge in [-0.25, -0.2) is 14.6 Å². The van der Waals surface area contributed by atoms with Crippen LogP contribution in [-0.4, -0.2) is 48.2 Å². The van der Waals surface area contributed by atoms with Crippen LogP contribution in [0.15, 0.2) is 12.1 Å². The van der Waals surface area contributed by atoms with Crippen LogP contribution in [-0.2, 0) is 9.47 Å². The molecule has 0 aliphatic rings. The van der Waals surface area contributed by atoms with Crippen molar-refractivity contribution in [3.8, 4) is 5.75 Å². The number of esters is 2. The Morgan fingerprint density at radius 2 is 1.68 bits per heavy atom. The molecule has 1 rings (SSSR count). The van der Waals surface area contributed by atoms with Crippen molar-refractivity contribution in [1.29, 1.82) is 0 Å². The van der Waals surface area contributed by atoms with Crippen molar-refractivity contribution in [2.45, 2.75) is 38.9 Å². The van der Waals surface area contributed by atoms with Gasteiger partial charge in [-0.05, 0) is 32.9 Å². The Morgan fingerprint density at radius 1 is 1.12 bits per heavy atom. The SMILES string of the molecule is CCOC(=O)c1cc(OCCCC(C)SSC)cc(C(=O)OCC)n1. The summed E-state index contributed by atoms with van der Waals surface area (Å²) in [6.07, 6.45) is 3.95. The number of hydrogen-bond donors (Lipinski definition) is 0. The Hall–Kier alpha value is -1.41. The lowest BCUT2D eigenvalue weighted by atomic mass is 10.2. The van der Waals surface area contributed by atoms with E-state index in [9.17, 15) is 9.59 Å². The summed E-state index contributed by atoms with van der Waals surface area (Å²) in [5.74, 6) is -0.779. The summed E-state index contributed by atoms with van der Waals surface area (Å²) in [6.45, 7) is 6.53. The Balaban J connectivity index is 2.79. The average Bonchev–Trinajstić information content (AvgIpc) is 2.59. The summed E-state index contributed by atoms with van der Waals surface area (Å²) < 4.78 is 15.6. The van der Waals surface area contributed by atoms with Crippen LogP contribution in [0.25, 0.3) is 0 Å². The minimum atomic E-state index is -0.594. The van der Waals surface area contributed by atoms with Gasteiger partial charge in [0.2, 0.25) is 0 Å². The highest BCUT2D eigenvalue weighted by Gasteiger charge is 2.17. The molecule has 1 heterocycles. The first-order chi connectivity index (χ1) is 12.0. The van der Waals surface area contributed by atoms with Crippen molar-refractivity contribution >= 4 is 33.5 Å². The van der Waals surface area contributed by atoms with E-state index in [1.165, 1.54) is 12.1 Å². The molecule has 0 aliphatic carbocycles. The molecule has 0 fully saturated rings. The van der Waals surface area contributed by atoms with Crippen LogP contribution < -0.4 is 4.74 Å². The average molecular weight is 388 g/mol. The minimum absolute atomic E-state index is 0.0358. The molecule has 0 amide bonds. The maximum atomic E-state index is 11.9. The van der Waals surface area contributed by atoms with Crippen molar-refractivity contribution in [2.24, 2.45) is 0 Å². The van der Waals surface area contributed by atoms with E-state index >= 15 is 0 Å². The topological polar surface area (TPSA) is 74.7 Å². The van der Waals surface area contributed by atoms with E-state index in [1.807, 2.05) is 10.8 Å². The van der Waals surface area contributed by atoms with E-state index in [0.717, 1.165) is 12.8 Å². The van der Waals surface area contributed by atoms with Gasteiger partial charge in [-0.15, -0.1) is 0 Å². The highest BCUT2D eigenvalue weighted by molar-refractivity contribution is 8.76. The molecule has 0 bridgehead atoms. The maximum Gasteiger partial charge on any atom is 0.357 e. The lowest BCUT2D eigenvalue weighted by molar-refractivity contribution is 0.0510. The van der Waals surface area contributed by atoms with E-state index in [0.29, 0.717) is 17.6 Å². The lowest BCUT2D eigenvalue weighted by Crippen LogP contribution is -2.14. The zero-order chi connectivity index (χ0) is 18.7. The van der Waals surface area contributed by atoms with Crippen LogP contribution in [0.5, 0.6) is 5.75 Å². The Bertz CT molecular complexity index is 532. The molecule has 6 nitrogen and oxygen atoms in total. The fraction of sp³-hybridized carbons (Fsp3) is 0.588. The van der Waals surface area contributed by atoms with Crippen molar-refractivity contribution in [1.82, 2.24) is 4.98 Å². The van der Waals surface area contributed by atoms with Gasteiger partial charge in [0, 0.05) is 17.4 Å². The second-order valence-corrected chi connectivity index (χ2v) is 7.99. The molecule has 0 spiro atoms. The molecule has 25 heavy (non-hydrogen) atoms. The van der Waals surface area contributed by atoms with Crippen molar-refractivity contribution < 1.29 is 23.8 Å². The van der Waals surface area contributed by atoms with E-state index in [-0.39, 0.29) is 24.6 Å². The zero-order valence-electron chi connectivity index (χ0n) is 15.1. The van der Waals surface area contributed by atoms with Crippen LogP contribution in [0.4, 0.5) is 0 Å². The molecule has 0 radical (unpaired) electrons. The molecule has 0 saturated heterocycles. The molecular weight excluding hydrogens is 362 g/mol. The predicted molar refractivity (Wildman–Crippen MR) is 101 cm³/mol. The largest absolute Gasteiger partial charge is 0.493 e. The Kier molecular flexibility index (Phi) is 10.4. The molecule has 1 unspecified atom stereocenters. The maximum absolute atomic E-state index is 11.9. The van der Waals surface area contributed by atoms with Crippen LogP contribution >= 0.6 is 21.6 Å². The van der Waals surface area contributed by atoms with Crippen molar-refractivity contribution in [2.75, 3.05) is 26.1 Å². The first-order valence-corrected chi connectivity index (χ1v) is 10.8. The van der Waals surface area contributed by atoms with Crippen LogP contribution in [0.2, 0.25) is 0 Å². The number of rotatable bonds is 11.